The van der Waals surface area contributed by atoms with E-state index in [0.717, 1.165) is 24.0 Å². The zero-order valence-electron chi connectivity index (χ0n) is 13.7. The fraction of sp³-hybridized carbons (Fsp3) is 0.316. The highest BCUT2D eigenvalue weighted by Gasteiger charge is 2.25. The van der Waals surface area contributed by atoms with E-state index in [1.54, 1.807) is 24.3 Å². The van der Waals surface area contributed by atoms with Gasteiger partial charge in [-0.3, -0.25) is 4.79 Å². The summed E-state index contributed by atoms with van der Waals surface area (Å²) >= 11 is 0. The average molecular weight is 328 g/mol. The second kappa shape index (κ2) is 6.83. The summed E-state index contributed by atoms with van der Waals surface area (Å²) in [5, 5.41) is 9.65. The molecule has 0 saturated heterocycles. The van der Waals surface area contributed by atoms with E-state index < -0.39 is 0 Å². The zero-order valence-corrected chi connectivity index (χ0v) is 13.7. The van der Waals surface area contributed by atoms with Crippen LogP contribution >= 0.6 is 0 Å². The summed E-state index contributed by atoms with van der Waals surface area (Å²) in [5.41, 5.74) is 1.99. The average Bonchev–Trinajstić information content (AvgIpc) is 2.54. The van der Waals surface area contributed by atoms with Crippen LogP contribution in [-0.2, 0) is 11.2 Å². The summed E-state index contributed by atoms with van der Waals surface area (Å²) in [7, 11) is 0. The Bertz CT molecular complexity index is 753. The third-order valence-corrected chi connectivity index (χ3v) is 3.89. The molecular weight excluding hydrogens is 308 g/mol. The number of hydrogen-bond acceptors (Lipinski definition) is 5. The highest BCUT2D eigenvalue weighted by atomic mass is 16.5. The van der Waals surface area contributed by atoms with E-state index in [4.69, 9.17) is 14.2 Å². The summed E-state index contributed by atoms with van der Waals surface area (Å²) in [4.78, 5) is 11.1. The van der Waals surface area contributed by atoms with Crippen LogP contribution in [0.2, 0.25) is 0 Å². The molecule has 0 amide bonds. The number of ether oxygens (including phenoxy) is 3. The molecular formula is C19H20O5. The number of hydrogen-bond donors (Lipinski definition) is 1. The van der Waals surface area contributed by atoms with Crippen LogP contribution in [0.3, 0.4) is 0 Å². The van der Waals surface area contributed by atoms with Gasteiger partial charge in [0, 0.05) is 24.6 Å². The number of fused-ring (bicyclic) bond motifs is 1. The first-order valence-corrected chi connectivity index (χ1v) is 8.00. The molecule has 2 aromatic carbocycles. The second-order valence-electron chi connectivity index (χ2n) is 5.66. The largest absolute Gasteiger partial charge is 0.508 e. The Morgan fingerprint density at radius 2 is 2.12 bits per heavy atom. The molecule has 5 heteroatoms. The van der Waals surface area contributed by atoms with E-state index in [0.29, 0.717) is 23.9 Å². The summed E-state index contributed by atoms with van der Waals surface area (Å²) in [5.74, 6) is 1.60. The van der Waals surface area contributed by atoms with Crippen molar-refractivity contribution in [2.75, 3.05) is 6.61 Å². The Morgan fingerprint density at radius 3 is 2.88 bits per heavy atom. The monoisotopic (exact) mass is 328 g/mol. The summed E-state index contributed by atoms with van der Waals surface area (Å²) in [6, 6.07) is 10.5. The Morgan fingerprint density at radius 1 is 1.29 bits per heavy atom. The van der Waals surface area contributed by atoms with Crippen molar-refractivity contribution < 1.29 is 24.1 Å². The standard InChI is InChI=1S/C19H20O5/c1-3-22-19-11-15(23-12(2)20)7-8-16(19)17-9-5-13-4-6-14(21)10-18(13)24-17/h4,6-8,10-11,17,21H,3,5,9H2,1-2H3. The lowest BCUT2D eigenvalue weighted by molar-refractivity contribution is -0.131. The molecule has 0 aromatic heterocycles. The van der Waals surface area contributed by atoms with Gasteiger partial charge in [0.1, 0.15) is 29.1 Å². The second-order valence-corrected chi connectivity index (χ2v) is 5.66. The first kappa shape index (κ1) is 16.2. The van der Waals surface area contributed by atoms with Gasteiger partial charge in [0.2, 0.25) is 0 Å². The maximum atomic E-state index is 11.1. The van der Waals surface area contributed by atoms with Gasteiger partial charge in [-0.25, -0.2) is 0 Å². The highest BCUT2D eigenvalue weighted by Crippen LogP contribution is 2.40. The number of carbonyl (C=O) groups is 1. The van der Waals surface area contributed by atoms with Gasteiger partial charge in [0.25, 0.3) is 0 Å². The van der Waals surface area contributed by atoms with Crippen molar-refractivity contribution in [3.63, 3.8) is 0 Å². The molecule has 0 spiro atoms. The predicted octanol–water partition coefficient (Wildman–Crippen LogP) is 3.78. The molecule has 1 atom stereocenters. The van der Waals surface area contributed by atoms with Crippen molar-refractivity contribution in [1.82, 2.24) is 0 Å². The molecule has 126 valence electrons. The fourth-order valence-electron chi connectivity index (χ4n) is 2.87. The van der Waals surface area contributed by atoms with Crippen LogP contribution in [-0.4, -0.2) is 17.7 Å². The Hall–Kier alpha value is -2.69. The lowest BCUT2D eigenvalue weighted by atomic mass is 9.96. The number of phenolic OH excluding ortho intramolecular Hbond substituents is 1. The zero-order chi connectivity index (χ0) is 17.1. The van der Waals surface area contributed by atoms with Gasteiger partial charge in [-0.05, 0) is 43.5 Å². The van der Waals surface area contributed by atoms with Gasteiger partial charge >= 0.3 is 5.97 Å². The number of benzene rings is 2. The molecule has 1 heterocycles. The van der Waals surface area contributed by atoms with Crippen molar-refractivity contribution in [2.24, 2.45) is 0 Å². The van der Waals surface area contributed by atoms with Gasteiger partial charge in [0.05, 0.1) is 6.61 Å². The predicted molar refractivity (Wildman–Crippen MR) is 88.7 cm³/mol. The van der Waals surface area contributed by atoms with Gasteiger partial charge in [-0.2, -0.15) is 0 Å². The van der Waals surface area contributed by atoms with Crippen molar-refractivity contribution in [3.8, 4) is 23.0 Å². The van der Waals surface area contributed by atoms with Gasteiger partial charge < -0.3 is 19.3 Å². The first-order valence-electron chi connectivity index (χ1n) is 8.00. The molecule has 1 aliphatic rings. The number of carbonyl (C=O) groups excluding carboxylic acids is 1. The quantitative estimate of drug-likeness (QED) is 0.683. The number of phenols is 1. The molecule has 1 N–H and O–H groups in total. The molecule has 5 nitrogen and oxygen atoms in total. The lowest BCUT2D eigenvalue weighted by Gasteiger charge is -2.28. The summed E-state index contributed by atoms with van der Waals surface area (Å²) in [6.07, 6.45) is 1.50. The number of esters is 1. The highest BCUT2D eigenvalue weighted by molar-refractivity contribution is 5.69. The van der Waals surface area contributed by atoms with Crippen molar-refractivity contribution in [1.29, 1.82) is 0 Å². The van der Waals surface area contributed by atoms with Crippen molar-refractivity contribution in [3.05, 3.63) is 47.5 Å². The minimum Gasteiger partial charge on any atom is -0.508 e. The Balaban J connectivity index is 1.89. The Kier molecular flexibility index (Phi) is 4.60. The van der Waals surface area contributed by atoms with E-state index in [1.807, 2.05) is 19.1 Å². The van der Waals surface area contributed by atoms with Crippen LogP contribution in [0.15, 0.2) is 36.4 Å². The van der Waals surface area contributed by atoms with Crippen LogP contribution in [0.1, 0.15) is 37.5 Å². The molecule has 0 radical (unpaired) electrons. The van der Waals surface area contributed by atoms with E-state index in [9.17, 15) is 9.90 Å². The van der Waals surface area contributed by atoms with Crippen LogP contribution in [0.5, 0.6) is 23.0 Å². The van der Waals surface area contributed by atoms with E-state index in [-0.39, 0.29) is 17.8 Å². The maximum absolute atomic E-state index is 11.1. The smallest absolute Gasteiger partial charge is 0.308 e. The third-order valence-electron chi connectivity index (χ3n) is 3.89. The number of aryl methyl sites for hydroxylation is 1. The van der Waals surface area contributed by atoms with Crippen LogP contribution in [0.4, 0.5) is 0 Å². The van der Waals surface area contributed by atoms with E-state index in [2.05, 4.69) is 0 Å². The van der Waals surface area contributed by atoms with Crippen LogP contribution in [0.25, 0.3) is 0 Å². The lowest BCUT2D eigenvalue weighted by Crippen LogP contribution is -2.16. The van der Waals surface area contributed by atoms with Crippen molar-refractivity contribution >= 4 is 5.97 Å². The molecule has 0 fully saturated rings. The summed E-state index contributed by atoms with van der Waals surface area (Å²) < 4.78 is 16.9. The minimum absolute atomic E-state index is 0.174. The minimum atomic E-state index is -0.372. The molecule has 0 bridgehead atoms. The van der Waals surface area contributed by atoms with Crippen molar-refractivity contribution in [2.45, 2.75) is 32.8 Å². The SMILES string of the molecule is CCOc1cc(OC(C)=O)ccc1C1CCc2ccc(O)cc2O1. The Labute approximate surface area is 140 Å². The normalized spacial score (nSPS) is 16.0. The van der Waals surface area contributed by atoms with E-state index >= 15 is 0 Å². The van der Waals surface area contributed by atoms with Gasteiger partial charge in [-0.1, -0.05) is 6.07 Å². The molecule has 1 aliphatic heterocycles. The molecule has 24 heavy (non-hydrogen) atoms. The first-order chi connectivity index (χ1) is 11.6. The maximum Gasteiger partial charge on any atom is 0.308 e. The molecule has 3 rings (SSSR count). The van der Waals surface area contributed by atoms with Gasteiger partial charge in [-0.15, -0.1) is 0 Å². The summed E-state index contributed by atoms with van der Waals surface area (Å²) in [6.45, 7) is 3.76. The van der Waals surface area contributed by atoms with Gasteiger partial charge in [0.15, 0.2) is 0 Å². The topological polar surface area (TPSA) is 65.0 Å². The number of aromatic hydroxyl groups is 1. The van der Waals surface area contributed by atoms with E-state index in [1.165, 1.54) is 6.92 Å². The molecule has 2 aromatic rings. The fourth-order valence-corrected chi connectivity index (χ4v) is 2.87. The molecule has 1 unspecified atom stereocenters. The molecule has 0 aliphatic carbocycles. The van der Waals surface area contributed by atoms with Crippen LogP contribution < -0.4 is 14.2 Å². The molecule has 0 saturated carbocycles. The number of rotatable bonds is 4. The third kappa shape index (κ3) is 3.45. The van der Waals surface area contributed by atoms with Crippen LogP contribution in [0, 0.1) is 0 Å².